The molecule has 0 aliphatic carbocycles. The van der Waals surface area contributed by atoms with E-state index >= 15 is 0 Å². The predicted octanol–water partition coefficient (Wildman–Crippen LogP) is 3.37. The molecule has 0 saturated heterocycles. The number of nitrogens with one attached hydrogen (secondary N) is 1. The van der Waals surface area contributed by atoms with E-state index in [1.807, 2.05) is 19.1 Å². The Balaban J connectivity index is 1.61. The van der Waals surface area contributed by atoms with Crippen LogP contribution in [0.25, 0.3) is 11.3 Å². The zero-order chi connectivity index (χ0) is 22.9. The third-order valence-corrected chi connectivity index (χ3v) is 7.17. The van der Waals surface area contributed by atoms with Crippen LogP contribution in [0.5, 0.6) is 17.2 Å². The van der Waals surface area contributed by atoms with Crippen LogP contribution < -0.4 is 23.8 Å². The van der Waals surface area contributed by atoms with Crippen LogP contribution in [0, 0.1) is 0 Å². The number of rotatable bonds is 7. The van der Waals surface area contributed by atoms with E-state index in [0.717, 1.165) is 16.9 Å². The van der Waals surface area contributed by atoms with Crippen LogP contribution >= 0.6 is 11.3 Å². The molecule has 1 N–H and O–H groups in total. The number of hydrogen-bond acceptors (Lipinski definition) is 8. The normalized spacial score (nSPS) is 13.3. The van der Waals surface area contributed by atoms with Gasteiger partial charge < -0.3 is 19.1 Å². The van der Waals surface area contributed by atoms with Gasteiger partial charge in [0.05, 0.1) is 25.6 Å². The Morgan fingerprint density at radius 3 is 2.72 bits per heavy atom. The Morgan fingerprint density at radius 1 is 1.19 bits per heavy atom. The summed E-state index contributed by atoms with van der Waals surface area (Å²) in [6.07, 6.45) is 0. The van der Waals surface area contributed by atoms with Crippen LogP contribution in [-0.4, -0.2) is 46.7 Å². The molecule has 32 heavy (non-hydrogen) atoms. The highest BCUT2D eigenvalue weighted by Crippen LogP contribution is 2.37. The van der Waals surface area contributed by atoms with E-state index in [1.165, 1.54) is 26.4 Å². The average molecular weight is 476 g/mol. The molecule has 0 atom stereocenters. The number of likely N-dealkylation sites (N-methyl/N-ethyl adjacent to an activating group) is 1. The van der Waals surface area contributed by atoms with E-state index in [4.69, 9.17) is 14.2 Å². The molecule has 1 aliphatic heterocycles. The molecule has 2 aromatic carbocycles. The zero-order valence-corrected chi connectivity index (χ0v) is 19.2. The summed E-state index contributed by atoms with van der Waals surface area (Å²) in [5.74, 6) is 1.15. The van der Waals surface area contributed by atoms with Gasteiger partial charge >= 0.3 is 0 Å². The molecule has 0 bridgehead atoms. The fourth-order valence-electron chi connectivity index (χ4n) is 3.33. The summed E-state index contributed by atoms with van der Waals surface area (Å²) in [5, 5.41) is 1.95. The maximum absolute atomic E-state index is 12.9. The second kappa shape index (κ2) is 8.67. The molecule has 168 valence electrons. The number of sulfonamides is 1. The first-order chi connectivity index (χ1) is 15.4. The van der Waals surface area contributed by atoms with Crippen molar-refractivity contribution in [2.45, 2.75) is 11.8 Å². The second-order valence-corrected chi connectivity index (χ2v) is 9.28. The van der Waals surface area contributed by atoms with E-state index in [9.17, 15) is 13.2 Å². The maximum Gasteiger partial charge on any atom is 0.267 e. The quantitative estimate of drug-likeness (QED) is 0.558. The molecule has 3 aromatic rings. The molecular weight excluding hydrogens is 454 g/mol. The van der Waals surface area contributed by atoms with Gasteiger partial charge in [0.15, 0.2) is 11.7 Å². The zero-order valence-electron chi connectivity index (χ0n) is 17.6. The topological polar surface area (TPSA) is 107 Å². The van der Waals surface area contributed by atoms with Gasteiger partial charge in [-0.1, -0.05) is 0 Å². The van der Waals surface area contributed by atoms with E-state index < -0.39 is 10.0 Å². The maximum atomic E-state index is 12.9. The van der Waals surface area contributed by atoms with Crippen LogP contribution in [0.15, 0.2) is 46.7 Å². The SMILES string of the molecule is CCN1C(=O)COc2ccc(-c3csc(NS(=O)(=O)c4ccc(OC)cc4OC)n3)cc21. The van der Waals surface area contributed by atoms with Gasteiger partial charge in [0, 0.05) is 23.6 Å². The monoisotopic (exact) mass is 475 g/mol. The number of hydrogen-bond donors (Lipinski definition) is 1. The summed E-state index contributed by atoms with van der Waals surface area (Å²) in [6.45, 7) is 2.42. The van der Waals surface area contributed by atoms with Gasteiger partial charge in [-0.3, -0.25) is 9.52 Å². The number of aromatic nitrogens is 1. The Kier molecular flexibility index (Phi) is 5.94. The molecule has 1 aliphatic rings. The van der Waals surface area contributed by atoms with Crippen LogP contribution in [0.3, 0.4) is 0 Å². The van der Waals surface area contributed by atoms with Crippen molar-refractivity contribution in [1.29, 1.82) is 0 Å². The molecule has 4 rings (SSSR count). The number of anilines is 2. The first-order valence-corrected chi connectivity index (χ1v) is 12.0. The molecule has 9 nitrogen and oxygen atoms in total. The lowest BCUT2D eigenvalue weighted by Gasteiger charge is -2.28. The fourth-order valence-corrected chi connectivity index (χ4v) is 5.45. The van der Waals surface area contributed by atoms with Crippen molar-refractivity contribution in [2.75, 3.05) is 37.0 Å². The molecule has 0 unspecified atom stereocenters. The first-order valence-electron chi connectivity index (χ1n) is 9.64. The van der Waals surface area contributed by atoms with E-state index in [1.54, 1.807) is 22.4 Å². The van der Waals surface area contributed by atoms with Crippen molar-refractivity contribution >= 4 is 38.1 Å². The highest BCUT2D eigenvalue weighted by Gasteiger charge is 2.25. The number of fused-ring (bicyclic) bond motifs is 1. The van der Waals surface area contributed by atoms with Gasteiger partial charge in [-0.05, 0) is 37.3 Å². The van der Waals surface area contributed by atoms with Gasteiger partial charge in [-0.25, -0.2) is 13.4 Å². The Morgan fingerprint density at radius 2 is 2.00 bits per heavy atom. The fraction of sp³-hybridized carbons (Fsp3) is 0.238. The first kappa shape index (κ1) is 21.9. The predicted molar refractivity (Wildman–Crippen MR) is 121 cm³/mol. The summed E-state index contributed by atoms with van der Waals surface area (Å²) in [4.78, 5) is 18.2. The van der Waals surface area contributed by atoms with Crippen LogP contribution in [0.4, 0.5) is 10.8 Å². The van der Waals surface area contributed by atoms with Crippen LogP contribution in [0.1, 0.15) is 6.92 Å². The van der Waals surface area contributed by atoms with Crippen molar-refractivity contribution in [3.05, 3.63) is 41.8 Å². The molecule has 0 spiro atoms. The molecule has 2 heterocycles. The minimum absolute atomic E-state index is 0.0115. The molecule has 1 amide bonds. The summed E-state index contributed by atoms with van der Waals surface area (Å²) >= 11 is 1.15. The lowest BCUT2D eigenvalue weighted by atomic mass is 10.1. The van der Waals surface area contributed by atoms with E-state index in [2.05, 4.69) is 9.71 Å². The lowest BCUT2D eigenvalue weighted by Crippen LogP contribution is -2.38. The van der Waals surface area contributed by atoms with Gasteiger partial charge in [-0.15, -0.1) is 11.3 Å². The standard InChI is InChI=1S/C21H21N3O6S2/c1-4-24-16-9-13(5-7-17(16)30-11-20(24)25)15-12-31-21(22-15)23-32(26,27)19-8-6-14(28-2)10-18(19)29-3/h5-10,12H,4,11H2,1-3H3,(H,22,23). The van der Waals surface area contributed by atoms with E-state index in [-0.39, 0.29) is 28.3 Å². The molecule has 0 saturated carbocycles. The van der Waals surface area contributed by atoms with Gasteiger partial charge in [0.2, 0.25) is 0 Å². The minimum atomic E-state index is -3.94. The summed E-state index contributed by atoms with van der Waals surface area (Å²) in [6, 6.07) is 9.87. The Labute approximate surface area is 189 Å². The third-order valence-electron chi connectivity index (χ3n) is 4.90. The second-order valence-electron chi connectivity index (χ2n) is 6.77. The number of carbonyl (C=O) groups excluding carboxylic acids is 1. The number of methoxy groups -OCH3 is 2. The molecule has 0 fully saturated rings. The third kappa shape index (κ3) is 4.08. The lowest BCUT2D eigenvalue weighted by molar-refractivity contribution is -0.121. The number of nitrogens with zero attached hydrogens (tertiary/aromatic N) is 2. The smallest absolute Gasteiger partial charge is 0.267 e. The van der Waals surface area contributed by atoms with Crippen molar-refractivity contribution in [3.8, 4) is 28.5 Å². The van der Waals surface area contributed by atoms with Crippen LogP contribution in [0.2, 0.25) is 0 Å². The number of benzene rings is 2. The van der Waals surface area contributed by atoms with Crippen molar-refractivity contribution in [2.24, 2.45) is 0 Å². The molecule has 11 heteroatoms. The highest BCUT2D eigenvalue weighted by atomic mass is 32.2. The van der Waals surface area contributed by atoms with Gasteiger partial charge in [0.25, 0.3) is 15.9 Å². The van der Waals surface area contributed by atoms with Gasteiger partial charge in [-0.2, -0.15) is 0 Å². The van der Waals surface area contributed by atoms with Crippen molar-refractivity contribution < 1.29 is 27.4 Å². The van der Waals surface area contributed by atoms with Crippen molar-refractivity contribution in [3.63, 3.8) is 0 Å². The summed E-state index contributed by atoms with van der Waals surface area (Å²) in [5.41, 5.74) is 1.98. The van der Waals surface area contributed by atoms with Crippen LogP contribution in [-0.2, 0) is 14.8 Å². The summed E-state index contributed by atoms with van der Waals surface area (Å²) < 4.78 is 44.1. The number of amides is 1. The minimum Gasteiger partial charge on any atom is -0.497 e. The number of ether oxygens (including phenoxy) is 3. The largest absolute Gasteiger partial charge is 0.497 e. The van der Waals surface area contributed by atoms with E-state index in [0.29, 0.717) is 29.4 Å². The molecule has 0 radical (unpaired) electrons. The average Bonchev–Trinajstić information content (AvgIpc) is 3.25. The Bertz CT molecular complexity index is 1270. The molecular formula is C21H21N3O6S2. The Hall–Kier alpha value is -3.31. The number of thiazole rings is 1. The number of carbonyl (C=O) groups is 1. The van der Waals surface area contributed by atoms with Gasteiger partial charge in [0.1, 0.15) is 22.1 Å². The highest BCUT2D eigenvalue weighted by molar-refractivity contribution is 7.93. The van der Waals surface area contributed by atoms with Crippen molar-refractivity contribution in [1.82, 2.24) is 4.98 Å². The molecule has 1 aromatic heterocycles. The summed E-state index contributed by atoms with van der Waals surface area (Å²) in [7, 11) is -1.06.